The highest BCUT2D eigenvalue weighted by Crippen LogP contribution is 2.55. The van der Waals surface area contributed by atoms with Gasteiger partial charge in [0.25, 0.3) is 0 Å². The van der Waals surface area contributed by atoms with E-state index in [1.165, 1.54) is 22.3 Å². The van der Waals surface area contributed by atoms with Crippen molar-refractivity contribution in [1.82, 2.24) is 10.2 Å². The Hall–Kier alpha value is -3.35. The molecule has 2 saturated carbocycles. The van der Waals surface area contributed by atoms with Gasteiger partial charge in [-0.25, -0.2) is 9.59 Å². The molecule has 2 unspecified atom stereocenters. The summed E-state index contributed by atoms with van der Waals surface area (Å²) in [5.74, 6) is -1.09. The molecule has 7 nitrogen and oxygen atoms in total. The van der Waals surface area contributed by atoms with Crippen LogP contribution in [0.1, 0.15) is 55.6 Å². The lowest BCUT2D eigenvalue weighted by molar-refractivity contribution is -0.156. The van der Waals surface area contributed by atoms with E-state index in [1.807, 2.05) is 24.3 Å². The Morgan fingerprint density at radius 3 is 2.37 bits per heavy atom. The van der Waals surface area contributed by atoms with Crippen LogP contribution in [0.15, 0.2) is 48.5 Å². The summed E-state index contributed by atoms with van der Waals surface area (Å²) >= 11 is 0. The van der Waals surface area contributed by atoms with Crippen LogP contribution in [0.2, 0.25) is 0 Å². The van der Waals surface area contributed by atoms with Gasteiger partial charge in [-0.3, -0.25) is 4.79 Å². The molecule has 6 rings (SSSR count). The van der Waals surface area contributed by atoms with Crippen molar-refractivity contribution in [2.75, 3.05) is 13.2 Å². The maximum atomic E-state index is 13.2. The number of hydrogen-bond acceptors (Lipinski definition) is 4. The average Bonchev–Trinajstić information content (AvgIpc) is 3.33. The van der Waals surface area contributed by atoms with E-state index in [0.29, 0.717) is 32.2 Å². The highest BCUT2D eigenvalue weighted by molar-refractivity contribution is 5.91. The van der Waals surface area contributed by atoms with Crippen molar-refractivity contribution in [3.63, 3.8) is 0 Å². The van der Waals surface area contributed by atoms with Crippen molar-refractivity contribution < 1.29 is 24.2 Å². The fourth-order valence-corrected chi connectivity index (χ4v) is 6.73. The average molecular weight is 475 g/mol. The number of carboxylic acid groups (broad SMARTS) is 1. The van der Waals surface area contributed by atoms with Crippen molar-refractivity contribution in [2.45, 2.75) is 56.0 Å². The second-order valence-electron chi connectivity index (χ2n) is 10.4. The molecule has 7 heteroatoms. The van der Waals surface area contributed by atoms with Gasteiger partial charge in [-0.05, 0) is 66.7 Å². The van der Waals surface area contributed by atoms with Gasteiger partial charge in [-0.15, -0.1) is 0 Å². The minimum absolute atomic E-state index is 0.00357. The number of hydrogen-bond donors (Lipinski definition) is 2. The molecule has 0 spiro atoms. The van der Waals surface area contributed by atoms with E-state index in [-0.39, 0.29) is 36.3 Å². The summed E-state index contributed by atoms with van der Waals surface area (Å²) in [6.07, 6.45) is 3.73. The first kappa shape index (κ1) is 22.1. The molecule has 3 aliphatic carbocycles. The third kappa shape index (κ3) is 3.60. The maximum Gasteiger partial charge on any atom is 0.407 e. The molecule has 0 bridgehead atoms. The minimum atomic E-state index is -0.979. The first-order valence-corrected chi connectivity index (χ1v) is 12.7. The number of likely N-dealkylation sites (tertiary alicyclic amines) is 1. The molecule has 4 aliphatic rings. The summed E-state index contributed by atoms with van der Waals surface area (Å²) in [5.41, 5.74) is 3.72. The van der Waals surface area contributed by atoms with Crippen LogP contribution in [-0.2, 0) is 14.3 Å². The summed E-state index contributed by atoms with van der Waals surface area (Å²) in [7, 11) is 0. The molecule has 1 heterocycles. The van der Waals surface area contributed by atoms with Crippen LogP contribution in [-0.4, -0.2) is 52.7 Å². The van der Waals surface area contributed by atoms with Crippen LogP contribution < -0.4 is 5.32 Å². The second-order valence-corrected chi connectivity index (χ2v) is 10.4. The first-order chi connectivity index (χ1) is 17.0. The number of carboxylic acids is 1. The summed E-state index contributed by atoms with van der Waals surface area (Å²) in [6, 6.07) is 16.3. The fraction of sp³-hybridized carbons (Fsp3) is 0.464. The number of fused-ring (bicyclic) bond motifs is 4. The maximum absolute atomic E-state index is 13.2. The Balaban J connectivity index is 1.05. The van der Waals surface area contributed by atoms with Crippen LogP contribution >= 0.6 is 0 Å². The van der Waals surface area contributed by atoms with Gasteiger partial charge in [0.1, 0.15) is 12.1 Å². The molecule has 3 fully saturated rings. The number of carbonyl (C=O) groups is 3. The Morgan fingerprint density at radius 1 is 1.00 bits per heavy atom. The number of ether oxygens (including phenoxy) is 1. The first-order valence-electron chi connectivity index (χ1n) is 12.7. The summed E-state index contributed by atoms with van der Waals surface area (Å²) in [6.45, 7) is 0.772. The number of nitrogens with zero attached hydrogens (tertiary/aromatic N) is 1. The predicted octanol–water partition coefficient (Wildman–Crippen LogP) is 4.16. The van der Waals surface area contributed by atoms with Crippen LogP contribution in [0.25, 0.3) is 11.1 Å². The molecule has 35 heavy (non-hydrogen) atoms. The molecule has 2 aromatic carbocycles. The molecule has 2 aromatic rings. The van der Waals surface area contributed by atoms with E-state index in [2.05, 4.69) is 29.6 Å². The van der Waals surface area contributed by atoms with Crippen molar-refractivity contribution >= 4 is 18.0 Å². The standard InChI is InChI=1S/C28H30N2O5/c31-25(30-13-5-6-18-15-28(18,30)26(32)33)17-11-12-19(14-17)29-27(34)35-16-24-22-9-3-1-7-20(22)21-8-2-4-10-23(21)24/h1-4,7-10,17-19,24H,5-6,11-16H2,(H,29,34)(H,32,33)/t17?,18-,19?,28+/m1/s1. The number of benzene rings is 2. The quantitative estimate of drug-likeness (QED) is 0.679. The van der Waals surface area contributed by atoms with Crippen LogP contribution in [0.3, 0.4) is 0 Å². The smallest absolute Gasteiger partial charge is 0.407 e. The highest BCUT2D eigenvalue weighted by Gasteiger charge is 2.67. The highest BCUT2D eigenvalue weighted by atomic mass is 16.5. The van der Waals surface area contributed by atoms with Gasteiger partial charge in [-0.1, -0.05) is 48.5 Å². The SMILES string of the molecule is O=C(NC1CCC(C(=O)N2CCC[C@@H]3C[C@@]32C(=O)O)C1)OCC1c2ccccc2-c2ccccc21. The van der Waals surface area contributed by atoms with E-state index in [0.717, 1.165) is 12.8 Å². The van der Waals surface area contributed by atoms with Crippen molar-refractivity contribution in [3.8, 4) is 11.1 Å². The Bertz CT molecular complexity index is 1150. The molecule has 1 aliphatic heterocycles. The van der Waals surface area contributed by atoms with E-state index < -0.39 is 17.6 Å². The zero-order chi connectivity index (χ0) is 24.2. The van der Waals surface area contributed by atoms with Crippen molar-refractivity contribution in [3.05, 3.63) is 59.7 Å². The molecule has 0 radical (unpaired) electrons. The zero-order valence-corrected chi connectivity index (χ0v) is 19.6. The molecule has 1 saturated heterocycles. The number of piperidine rings is 1. The monoisotopic (exact) mass is 474 g/mol. The number of rotatable bonds is 5. The third-order valence-corrected chi connectivity index (χ3v) is 8.57. The Kier molecular flexibility index (Phi) is 5.31. The fourth-order valence-electron chi connectivity index (χ4n) is 6.73. The molecule has 0 aromatic heterocycles. The number of amides is 2. The second kappa shape index (κ2) is 8.40. The molecule has 4 atom stereocenters. The molecular weight excluding hydrogens is 444 g/mol. The zero-order valence-electron chi connectivity index (χ0n) is 19.6. The van der Waals surface area contributed by atoms with Gasteiger partial charge in [0, 0.05) is 24.4 Å². The van der Waals surface area contributed by atoms with Gasteiger partial charge in [0.05, 0.1) is 0 Å². The van der Waals surface area contributed by atoms with E-state index in [4.69, 9.17) is 4.74 Å². The van der Waals surface area contributed by atoms with Gasteiger partial charge in [0.2, 0.25) is 5.91 Å². The number of nitrogens with one attached hydrogen (secondary N) is 1. The topological polar surface area (TPSA) is 95.9 Å². The third-order valence-electron chi connectivity index (χ3n) is 8.57. The van der Waals surface area contributed by atoms with Crippen LogP contribution in [0, 0.1) is 11.8 Å². The normalized spacial score (nSPS) is 28.6. The van der Waals surface area contributed by atoms with Gasteiger partial charge in [-0.2, -0.15) is 0 Å². The number of carbonyl (C=O) groups excluding carboxylic acids is 2. The lowest BCUT2D eigenvalue weighted by Gasteiger charge is -2.35. The van der Waals surface area contributed by atoms with Gasteiger partial charge < -0.3 is 20.1 Å². The van der Waals surface area contributed by atoms with Crippen LogP contribution in [0.5, 0.6) is 0 Å². The van der Waals surface area contributed by atoms with Crippen LogP contribution in [0.4, 0.5) is 4.79 Å². The predicted molar refractivity (Wildman–Crippen MR) is 129 cm³/mol. The number of aliphatic carboxylic acids is 1. The van der Waals surface area contributed by atoms with Crippen molar-refractivity contribution in [1.29, 1.82) is 0 Å². The summed E-state index contributed by atoms with van der Waals surface area (Å²) < 4.78 is 5.66. The number of alkyl carbamates (subject to hydrolysis) is 1. The Morgan fingerprint density at radius 2 is 1.69 bits per heavy atom. The summed E-state index contributed by atoms with van der Waals surface area (Å²) in [4.78, 5) is 39.4. The Labute approximate surface area is 204 Å². The van der Waals surface area contributed by atoms with E-state index >= 15 is 0 Å². The lowest BCUT2D eigenvalue weighted by atomic mass is 9.98. The summed E-state index contributed by atoms with van der Waals surface area (Å²) in [5, 5.41) is 12.7. The van der Waals surface area contributed by atoms with Crippen molar-refractivity contribution in [2.24, 2.45) is 11.8 Å². The molecule has 182 valence electrons. The van der Waals surface area contributed by atoms with Gasteiger partial charge >= 0.3 is 12.1 Å². The largest absolute Gasteiger partial charge is 0.479 e. The van der Waals surface area contributed by atoms with Gasteiger partial charge in [0.15, 0.2) is 0 Å². The molecular formula is C28H30N2O5. The lowest BCUT2D eigenvalue weighted by Crippen LogP contribution is -2.53. The van der Waals surface area contributed by atoms with E-state index in [9.17, 15) is 19.5 Å². The molecule has 2 N–H and O–H groups in total. The molecule has 2 amide bonds. The van der Waals surface area contributed by atoms with E-state index in [1.54, 1.807) is 4.90 Å². The minimum Gasteiger partial charge on any atom is -0.479 e.